The molecule has 0 amide bonds. The zero-order valence-corrected chi connectivity index (χ0v) is 10.9. The van der Waals surface area contributed by atoms with Gasteiger partial charge in [0.1, 0.15) is 5.75 Å². The van der Waals surface area contributed by atoms with Gasteiger partial charge in [-0.25, -0.2) is 0 Å². The normalized spacial score (nSPS) is 10.8. The van der Waals surface area contributed by atoms with Gasteiger partial charge >= 0.3 is 0 Å². The SMILES string of the molecule is COc1ccc(Br)c2[nH]c(C)c(C)c(=O)c12. The zero-order chi connectivity index (χ0) is 11.9. The Morgan fingerprint density at radius 3 is 2.62 bits per heavy atom. The first-order chi connectivity index (χ1) is 7.56. The van der Waals surface area contributed by atoms with E-state index in [2.05, 4.69) is 20.9 Å². The van der Waals surface area contributed by atoms with Crippen molar-refractivity contribution in [2.75, 3.05) is 7.11 Å². The van der Waals surface area contributed by atoms with Gasteiger partial charge in [-0.3, -0.25) is 4.79 Å². The number of methoxy groups -OCH3 is 1. The number of nitrogens with one attached hydrogen (secondary N) is 1. The standard InChI is InChI=1S/C12H12BrNO2/c1-6-7(2)14-11-8(13)4-5-9(16-3)10(11)12(6)15/h4-5H,1-3H3,(H,14,15). The van der Waals surface area contributed by atoms with Crippen LogP contribution >= 0.6 is 15.9 Å². The summed E-state index contributed by atoms with van der Waals surface area (Å²) in [5, 5.41) is 0.597. The van der Waals surface area contributed by atoms with Gasteiger partial charge in [0.25, 0.3) is 0 Å². The molecule has 84 valence electrons. The van der Waals surface area contributed by atoms with Crippen molar-refractivity contribution in [2.45, 2.75) is 13.8 Å². The quantitative estimate of drug-likeness (QED) is 0.873. The molecule has 16 heavy (non-hydrogen) atoms. The molecule has 3 nitrogen and oxygen atoms in total. The maximum absolute atomic E-state index is 12.2. The van der Waals surface area contributed by atoms with Crippen LogP contribution in [-0.4, -0.2) is 12.1 Å². The second-order valence-electron chi connectivity index (χ2n) is 3.70. The summed E-state index contributed by atoms with van der Waals surface area (Å²) < 4.78 is 6.08. The van der Waals surface area contributed by atoms with E-state index in [1.54, 1.807) is 13.2 Å². The first-order valence-electron chi connectivity index (χ1n) is 4.92. The molecule has 1 aromatic heterocycles. The van der Waals surface area contributed by atoms with Crippen molar-refractivity contribution in [1.82, 2.24) is 4.98 Å². The first kappa shape index (κ1) is 11.2. The number of ether oxygens (including phenoxy) is 1. The van der Waals surface area contributed by atoms with Crippen LogP contribution in [-0.2, 0) is 0 Å². The maximum atomic E-state index is 12.2. The van der Waals surface area contributed by atoms with Crippen molar-refractivity contribution in [3.05, 3.63) is 38.1 Å². The minimum atomic E-state index is 0.0180. The van der Waals surface area contributed by atoms with Crippen molar-refractivity contribution in [3.63, 3.8) is 0 Å². The van der Waals surface area contributed by atoms with Crippen LogP contribution in [0.2, 0.25) is 0 Å². The molecule has 1 N–H and O–H groups in total. The van der Waals surface area contributed by atoms with Gasteiger partial charge in [0.15, 0.2) is 5.43 Å². The van der Waals surface area contributed by atoms with Crippen LogP contribution in [0, 0.1) is 13.8 Å². The highest BCUT2D eigenvalue weighted by Crippen LogP contribution is 2.28. The number of rotatable bonds is 1. The van der Waals surface area contributed by atoms with Gasteiger partial charge in [0.2, 0.25) is 0 Å². The van der Waals surface area contributed by atoms with Crippen LogP contribution in [0.15, 0.2) is 21.4 Å². The van der Waals surface area contributed by atoms with Gasteiger partial charge in [-0.15, -0.1) is 0 Å². The first-order valence-corrected chi connectivity index (χ1v) is 5.71. The van der Waals surface area contributed by atoms with Gasteiger partial charge in [0.05, 0.1) is 18.0 Å². The molecule has 1 aromatic carbocycles. The lowest BCUT2D eigenvalue weighted by molar-refractivity contribution is 0.419. The molecule has 4 heteroatoms. The zero-order valence-electron chi connectivity index (χ0n) is 9.35. The molecule has 0 saturated heterocycles. The summed E-state index contributed by atoms with van der Waals surface area (Å²) in [6.07, 6.45) is 0. The number of pyridine rings is 1. The van der Waals surface area contributed by atoms with E-state index in [1.165, 1.54) is 0 Å². The van der Waals surface area contributed by atoms with Gasteiger partial charge in [0, 0.05) is 15.7 Å². The molecule has 0 saturated carbocycles. The molecule has 1 heterocycles. The van der Waals surface area contributed by atoms with E-state index in [9.17, 15) is 4.79 Å². The third kappa shape index (κ3) is 1.53. The third-order valence-electron chi connectivity index (χ3n) is 2.78. The Morgan fingerprint density at radius 1 is 1.31 bits per heavy atom. The van der Waals surface area contributed by atoms with Gasteiger partial charge in [-0.1, -0.05) is 0 Å². The summed E-state index contributed by atoms with van der Waals surface area (Å²) in [7, 11) is 1.57. The predicted octanol–water partition coefficient (Wildman–Crippen LogP) is 2.92. The average Bonchev–Trinajstić information content (AvgIpc) is 2.27. The number of halogens is 1. The largest absolute Gasteiger partial charge is 0.496 e. The van der Waals surface area contributed by atoms with Crippen LogP contribution in [0.5, 0.6) is 5.75 Å². The number of aryl methyl sites for hydroxylation is 1. The number of hydrogen-bond donors (Lipinski definition) is 1. The highest BCUT2D eigenvalue weighted by molar-refractivity contribution is 9.10. The Hall–Kier alpha value is -1.29. The minimum absolute atomic E-state index is 0.0180. The number of hydrogen-bond acceptors (Lipinski definition) is 2. The summed E-state index contributed by atoms with van der Waals surface area (Å²) in [4.78, 5) is 15.4. The molecule has 0 fully saturated rings. The summed E-state index contributed by atoms with van der Waals surface area (Å²) in [6, 6.07) is 3.66. The Labute approximate surface area is 102 Å². The van der Waals surface area contributed by atoms with E-state index < -0.39 is 0 Å². The lowest BCUT2D eigenvalue weighted by Crippen LogP contribution is -2.11. The smallest absolute Gasteiger partial charge is 0.196 e. The lowest BCUT2D eigenvalue weighted by Gasteiger charge is -2.09. The molecular formula is C12H12BrNO2. The highest BCUT2D eigenvalue weighted by atomic mass is 79.9. The average molecular weight is 282 g/mol. The van der Waals surface area contributed by atoms with Gasteiger partial charge < -0.3 is 9.72 Å². The highest BCUT2D eigenvalue weighted by Gasteiger charge is 2.12. The second-order valence-corrected chi connectivity index (χ2v) is 4.56. The number of H-pyrrole nitrogens is 1. The van der Waals surface area contributed by atoms with Crippen LogP contribution < -0.4 is 10.2 Å². The molecule has 2 rings (SSSR count). The molecular weight excluding hydrogens is 270 g/mol. The lowest BCUT2D eigenvalue weighted by atomic mass is 10.1. The van der Waals surface area contributed by atoms with Crippen molar-refractivity contribution in [2.24, 2.45) is 0 Å². The van der Waals surface area contributed by atoms with Crippen molar-refractivity contribution in [3.8, 4) is 5.75 Å². The van der Waals surface area contributed by atoms with E-state index in [-0.39, 0.29) is 5.43 Å². The molecule has 0 unspecified atom stereocenters. The molecule has 0 radical (unpaired) electrons. The van der Waals surface area contributed by atoms with E-state index in [0.29, 0.717) is 11.1 Å². The fourth-order valence-electron chi connectivity index (χ4n) is 1.71. The Morgan fingerprint density at radius 2 is 2.00 bits per heavy atom. The monoisotopic (exact) mass is 281 g/mol. The van der Waals surface area contributed by atoms with Crippen LogP contribution in [0.3, 0.4) is 0 Å². The summed E-state index contributed by atoms with van der Waals surface area (Å²) in [6.45, 7) is 3.70. The molecule has 0 atom stereocenters. The van der Waals surface area contributed by atoms with Crippen LogP contribution in [0.4, 0.5) is 0 Å². The third-order valence-corrected chi connectivity index (χ3v) is 3.44. The van der Waals surface area contributed by atoms with Crippen molar-refractivity contribution >= 4 is 26.8 Å². The number of aromatic amines is 1. The Kier molecular flexibility index (Phi) is 2.76. The van der Waals surface area contributed by atoms with E-state index in [4.69, 9.17) is 4.74 Å². The summed E-state index contributed by atoms with van der Waals surface area (Å²) >= 11 is 3.43. The van der Waals surface area contributed by atoms with Crippen molar-refractivity contribution in [1.29, 1.82) is 0 Å². The Balaban J connectivity index is 3.06. The fraction of sp³-hybridized carbons (Fsp3) is 0.250. The Bertz CT molecular complexity index is 616. The second kappa shape index (κ2) is 3.94. The molecule has 0 bridgehead atoms. The van der Waals surface area contributed by atoms with E-state index in [0.717, 1.165) is 21.2 Å². The minimum Gasteiger partial charge on any atom is -0.496 e. The molecule has 2 aromatic rings. The summed E-state index contributed by atoms with van der Waals surface area (Å²) in [5.41, 5.74) is 2.41. The van der Waals surface area contributed by atoms with Gasteiger partial charge in [-0.05, 0) is 41.9 Å². The van der Waals surface area contributed by atoms with Crippen molar-refractivity contribution < 1.29 is 4.74 Å². The topological polar surface area (TPSA) is 42.1 Å². The predicted molar refractivity (Wildman–Crippen MR) is 68.3 cm³/mol. The summed E-state index contributed by atoms with van der Waals surface area (Å²) in [5.74, 6) is 0.600. The molecule has 0 aliphatic rings. The van der Waals surface area contributed by atoms with E-state index in [1.807, 2.05) is 19.9 Å². The van der Waals surface area contributed by atoms with Crippen LogP contribution in [0.1, 0.15) is 11.3 Å². The van der Waals surface area contributed by atoms with Gasteiger partial charge in [-0.2, -0.15) is 0 Å². The fourth-order valence-corrected chi connectivity index (χ4v) is 2.14. The number of fused-ring (bicyclic) bond motifs is 1. The van der Waals surface area contributed by atoms with E-state index >= 15 is 0 Å². The molecule has 0 spiro atoms. The number of benzene rings is 1. The number of aromatic nitrogens is 1. The maximum Gasteiger partial charge on any atom is 0.196 e. The molecule has 0 aliphatic carbocycles. The molecule has 0 aliphatic heterocycles. The van der Waals surface area contributed by atoms with Crippen LogP contribution in [0.25, 0.3) is 10.9 Å².